The van der Waals surface area contributed by atoms with E-state index in [1.807, 2.05) is 19.1 Å². The molecule has 0 saturated heterocycles. The summed E-state index contributed by atoms with van der Waals surface area (Å²) >= 11 is 23.9. The molecule has 1 amide bonds. The topological polar surface area (TPSA) is 71.3 Å². The Kier molecular flexibility index (Phi) is 9.09. The van der Waals surface area contributed by atoms with Gasteiger partial charge in [-0.3, -0.25) is 4.79 Å². The van der Waals surface area contributed by atoms with Gasteiger partial charge >= 0.3 is 0 Å². The minimum absolute atomic E-state index is 0.0991. The van der Waals surface area contributed by atoms with Gasteiger partial charge in [0.15, 0.2) is 11.5 Å². The summed E-state index contributed by atoms with van der Waals surface area (Å²) in [6.07, 6.45) is 1.46. The molecule has 0 aliphatic carbocycles. The second kappa shape index (κ2) is 12.0. The van der Waals surface area contributed by atoms with Gasteiger partial charge in [0.1, 0.15) is 18.2 Å². The summed E-state index contributed by atoms with van der Waals surface area (Å²) in [6.45, 7) is 2.50. The van der Waals surface area contributed by atoms with Crippen molar-refractivity contribution in [2.45, 2.75) is 13.5 Å². The van der Waals surface area contributed by atoms with E-state index in [0.717, 1.165) is 5.56 Å². The molecule has 0 spiro atoms. The van der Waals surface area contributed by atoms with E-state index in [0.29, 0.717) is 49.4 Å². The van der Waals surface area contributed by atoms with E-state index in [2.05, 4.69) is 5.32 Å². The van der Waals surface area contributed by atoms with Crippen LogP contribution < -0.4 is 14.8 Å². The number of nitriles is 1. The van der Waals surface area contributed by atoms with Crippen LogP contribution in [0, 0.1) is 11.3 Å². The van der Waals surface area contributed by atoms with Gasteiger partial charge in [-0.2, -0.15) is 5.26 Å². The molecular formula is C25H18Cl4N2O3. The first-order valence-electron chi connectivity index (χ1n) is 10.0. The Morgan fingerprint density at radius 3 is 2.26 bits per heavy atom. The molecule has 0 atom stereocenters. The van der Waals surface area contributed by atoms with Gasteiger partial charge in [0.2, 0.25) is 0 Å². The molecule has 3 rings (SSSR count). The number of hydrogen-bond acceptors (Lipinski definition) is 4. The van der Waals surface area contributed by atoms with Gasteiger partial charge in [-0.25, -0.2) is 0 Å². The molecule has 5 nitrogen and oxygen atoms in total. The number of amides is 1. The Morgan fingerprint density at radius 2 is 1.62 bits per heavy atom. The average molecular weight is 536 g/mol. The third kappa shape index (κ3) is 6.82. The first kappa shape index (κ1) is 25.7. The summed E-state index contributed by atoms with van der Waals surface area (Å²) in [5, 5.41) is 13.7. The molecule has 0 radical (unpaired) electrons. The van der Waals surface area contributed by atoms with E-state index in [9.17, 15) is 10.1 Å². The Balaban J connectivity index is 1.78. The van der Waals surface area contributed by atoms with Crippen molar-refractivity contribution in [3.8, 4) is 17.6 Å². The Labute approximate surface area is 217 Å². The van der Waals surface area contributed by atoms with Crippen LogP contribution in [0.1, 0.15) is 18.1 Å². The van der Waals surface area contributed by atoms with Crippen molar-refractivity contribution in [1.82, 2.24) is 0 Å². The molecule has 0 aliphatic heterocycles. The molecule has 3 aromatic carbocycles. The lowest BCUT2D eigenvalue weighted by atomic mass is 10.1. The van der Waals surface area contributed by atoms with Crippen molar-refractivity contribution < 1.29 is 14.3 Å². The number of hydrogen-bond donors (Lipinski definition) is 1. The second-order valence-corrected chi connectivity index (χ2v) is 8.56. The fourth-order valence-electron chi connectivity index (χ4n) is 2.88. The molecule has 34 heavy (non-hydrogen) atoms. The van der Waals surface area contributed by atoms with Gasteiger partial charge < -0.3 is 14.8 Å². The molecule has 0 bridgehead atoms. The third-order valence-electron chi connectivity index (χ3n) is 4.50. The van der Waals surface area contributed by atoms with Crippen molar-refractivity contribution in [1.29, 1.82) is 5.26 Å². The van der Waals surface area contributed by atoms with Crippen LogP contribution in [0.15, 0.2) is 60.2 Å². The van der Waals surface area contributed by atoms with Crippen molar-refractivity contribution in [3.05, 3.63) is 91.4 Å². The number of nitrogens with zero attached hydrogens (tertiary/aromatic N) is 1. The second-order valence-electron chi connectivity index (χ2n) is 6.93. The van der Waals surface area contributed by atoms with Crippen LogP contribution in [0.4, 0.5) is 5.69 Å². The molecule has 0 fully saturated rings. The van der Waals surface area contributed by atoms with Gasteiger partial charge in [0, 0.05) is 5.69 Å². The van der Waals surface area contributed by atoms with Crippen LogP contribution in [0.2, 0.25) is 20.1 Å². The summed E-state index contributed by atoms with van der Waals surface area (Å²) in [6, 6.07) is 16.9. The smallest absolute Gasteiger partial charge is 0.266 e. The highest BCUT2D eigenvalue weighted by molar-refractivity contribution is 6.42. The number of rotatable bonds is 8. The Hall–Kier alpha value is -2.88. The Morgan fingerprint density at radius 1 is 0.912 bits per heavy atom. The summed E-state index contributed by atoms with van der Waals surface area (Å²) in [5.74, 6) is 0.390. The summed E-state index contributed by atoms with van der Waals surface area (Å²) in [7, 11) is 0. The molecule has 1 N–H and O–H groups in total. The van der Waals surface area contributed by atoms with Crippen LogP contribution in [0.3, 0.4) is 0 Å². The van der Waals surface area contributed by atoms with E-state index >= 15 is 0 Å². The summed E-state index contributed by atoms with van der Waals surface area (Å²) < 4.78 is 11.6. The highest BCUT2D eigenvalue weighted by Crippen LogP contribution is 2.31. The number of benzene rings is 3. The van der Waals surface area contributed by atoms with E-state index in [1.54, 1.807) is 42.5 Å². The standard InChI is InChI=1S/C25H18Cl4N2O3/c1-2-33-24-11-15(4-8-23(24)34-14-16-3-6-19(26)21(28)10-16)9-17(13-30)25(32)31-18-5-7-20(27)22(29)12-18/h3-12H,2,14H2,1H3,(H,31,32)/b17-9+. The maximum Gasteiger partial charge on any atom is 0.266 e. The van der Waals surface area contributed by atoms with Crippen molar-refractivity contribution in [2.75, 3.05) is 11.9 Å². The normalized spacial score (nSPS) is 11.0. The maximum atomic E-state index is 12.6. The fourth-order valence-corrected chi connectivity index (χ4v) is 3.50. The minimum atomic E-state index is -0.584. The molecule has 9 heteroatoms. The van der Waals surface area contributed by atoms with Crippen LogP contribution in [0.25, 0.3) is 6.08 Å². The SMILES string of the molecule is CCOc1cc(/C=C(\C#N)C(=O)Nc2ccc(Cl)c(Cl)c2)ccc1OCc1ccc(Cl)c(Cl)c1. The zero-order valence-electron chi connectivity index (χ0n) is 17.9. The van der Waals surface area contributed by atoms with Crippen molar-refractivity contribution >= 4 is 64.1 Å². The largest absolute Gasteiger partial charge is 0.490 e. The Bertz CT molecular complexity index is 1290. The van der Waals surface area contributed by atoms with E-state index < -0.39 is 5.91 Å². The first-order chi connectivity index (χ1) is 16.3. The molecule has 0 saturated carbocycles. The molecule has 0 aromatic heterocycles. The number of anilines is 1. The predicted octanol–water partition coefficient (Wildman–Crippen LogP) is 7.82. The van der Waals surface area contributed by atoms with Crippen LogP contribution in [-0.4, -0.2) is 12.5 Å². The van der Waals surface area contributed by atoms with Crippen molar-refractivity contribution in [3.63, 3.8) is 0 Å². The summed E-state index contributed by atoms with van der Waals surface area (Å²) in [4.78, 5) is 12.6. The van der Waals surface area contributed by atoms with Gasteiger partial charge in [0.25, 0.3) is 5.91 Å². The van der Waals surface area contributed by atoms with E-state index in [4.69, 9.17) is 55.9 Å². The highest BCUT2D eigenvalue weighted by atomic mass is 35.5. The fraction of sp³-hybridized carbons (Fsp3) is 0.120. The molecule has 0 heterocycles. The van der Waals surface area contributed by atoms with E-state index in [1.165, 1.54) is 12.1 Å². The van der Waals surface area contributed by atoms with E-state index in [-0.39, 0.29) is 12.2 Å². The molecule has 174 valence electrons. The van der Waals surface area contributed by atoms with Gasteiger partial charge in [0.05, 0.1) is 26.7 Å². The summed E-state index contributed by atoms with van der Waals surface area (Å²) in [5.41, 5.74) is 1.75. The monoisotopic (exact) mass is 534 g/mol. The quantitative estimate of drug-likeness (QED) is 0.235. The lowest BCUT2D eigenvalue weighted by Crippen LogP contribution is -2.13. The maximum absolute atomic E-state index is 12.6. The number of carbonyl (C=O) groups is 1. The van der Waals surface area contributed by atoms with Gasteiger partial charge in [-0.05, 0) is 66.6 Å². The number of halogens is 4. The van der Waals surface area contributed by atoms with Crippen molar-refractivity contribution in [2.24, 2.45) is 0 Å². The number of carbonyl (C=O) groups excluding carboxylic acids is 1. The lowest BCUT2D eigenvalue weighted by Gasteiger charge is -2.13. The lowest BCUT2D eigenvalue weighted by molar-refractivity contribution is -0.112. The van der Waals surface area contributed by atoms with Gasteiger partial charge in [-0.15, -0.1) is 0 Å². The predicted molar refractivity (Wildman–Crippen MR) is 137 cm³/mol. The molecule has 0 unspecified atom stereocenters. The highest BCUT2D eigenvalue weighted by Gasteiger charge is 2.13. The molecule has 3 aromatic rings. The number of ether oxygens (including phenoxy) is 2. The number of nitrogens with one attached hydrogen (secondary N) is 1. The average Bonchev–Trinajstić information content (AvgIpc) is 2.81. The third-order valence-corrected chi connectivity index (χ3v) is 5.98. The van der Waals surface area contributed by atoms with Crippen LogP contribution in [0.5, 0.6) is 11.5 Å². The van der Waals surface area contributed by atoms with Gasteiger partial charge in [-0.1, -0.05) is 58.5 Å². The van der Waals surface area contributed by atoms with Crippen LogP contribution >= 0.6 is 46.4 Å². The minimum Gasteiger partial charge on any atom is -0.490 e. The first-order valence-corrected chi connectivity index (χ1v) is 11.5. The molecular weight excluding hydrogens is 518 g/mol. The van der Waals surface area contributed by atoms with Crippen LogP contribution in [-0.2, 0) is 11.4 Å². The zero-order valence-corrected chi connectivity index (χ0v) is 20.9. The zero-order chi connectivity index (χ0) is 24.7. The molecule has 0 aliphatic rings.